The van der Waals surface area contributed by atoms with E-state index in [9.17, 15) is 13.2 Å². The maximum absolute atomic E-state index is 13.5. The second kappa shape index (κ2) is 13.1. The van der Waals surface area contributed by atoms with E-state index in [0.29, 0.717) is 17.3 Å². The highest BCUT2D eigenvalue weighted by Gasteiger charge is 2.29. The maximum Gasteiger partial charge on any atom is 0.326 e. The number of hydrogen-bond acceptors (Lipinski definition) is 6. The molecule has 2 amide bonds. The standard InChI is InChI=1S/C32H35N5O4S/c1-24-8-11-26(12-9-24)34-32(38)37(28-6-4-3-5-7-28)29-18-20-36(21-19-29)23-25-10-17-31(33-22-25)41-30-15-13-27(14-16-30)35-42(2,39)40/h3-17,22,29,35H,18-21,23H2,1-2H3,(H,34,38). The Morgan fingerprint density at radius 3 is 2.21 bits per heavy atom. The monoisotopic (exact) mass is 585 g/mol. The highest BCUT2D eigenvalue weighted by Crippen LogP contribution is 2.27. The van der Waals surface area contributed by atoms with Gasteiger partial charge in [-0.2, -0.15) is 0 Å². The highest BCUT2D eigenvalue weighted by molar-refractivity contribution is 7.92. The normalized spacial score (nSPS) is 14.2. The van der Waals surface area contributed by atoms with Gasteiger partial charge in [0.25, 0.3) is 0 Å². The number of carbonyl (C=O) groups is 1. The minimum Gasteiger partial charge on any atom is -0.439 e. The zero-order chi connectivity index (χ0) is 29.5. The number of nitrogens with zero attached hydrogens (tertiary/aromatic N) is 3. The molecule has 0 unspecified atom stereocenters. The van der Waals surface area contributed by atoms with Gasteiger partial charge in [0, 0.05) is 55.0 Å². The molecule has 0 bridgehead atoms. The Balaban J connectivity index is 1.16. The minimum absolute atomic E-state index is 0.0852. The largest absolute Gasteiger partial charge is 0.439 e. The SMILES string of the molecule is Cc1ccc(NC(=O)N(c2ccccc2)C2CCN(Cc3ccc(Oc4ccc(NS(C)(=O)=O)cc4)nc3)CC2)cc1. The Morgan fingerprint density at radius 2 is 1.60 bits per heavy atom. The number of likely N-dealkylation sites (tertiary alicyclic amines) is 1. The smallest absolute Gasteiger partial charge is 0.326 e. The van der Waals surface area contributed by atoms with Crippen LogP contribution in [0.3, 0.4) is 0 Å². The number of ether oxygens (including phenoxy) is 1. The summed E-state index contributed by atoms with van der Waals surface area (Å²) in [5.74, 6) is 1.02. The zero-order valence-corrected chi connectivity index (χ0v) is 24.5. The molecule has 10 heteroatoms. The van der Waals surface area contributed by atoms with Crippen molar-refractivity contribution in [2.45, 2.75) is 32.4 Å². The number of para-hydroxylation sites is 1. The Labute approximate surface area is 247 Å². The second-order valence-electron chi connectivity index (χ2n) is 10.5. The number of hydrogen-bond donors (Lipinski definition) is 2. The molecule has 0 radical (unpaired) electrons. The average Bonchev–Trinajstić information content (AvgIpc) is 2.97. The first-order valence-electron chi connectivity index (χ1n) is 13.9. The van der Waals surface area contributed by atoms with Gasteiger partial charge in [0.05, 0.1) is 6.26 Å². The van der Waals surface area contributed by atoms with Gasteiger partial charge < -0.3 is 10.1 Å². The number of urea groups is 1. The molecule has 2 heterocycles. The molecule has 1 aliphatic heterocycles. The van der Waals surface area contributed by atoms with Crippen LogP contribution >= 0.6 is 0 Å². The van der Waals surface area contributed by atoms with E-state index in [1.165, 1.54) is 0 Å². The number of aryl methyl sites for hydroxylation is 1. The summed E-state index contributed by atoms with van der Waals surface area (Å²) in [6.07, 6.45) is 4.63. The number of rotatable bonds is 9. The molecule has 9 nitrogen and oxygen atoms in total. The molecule has 0 saturated carbocycles. The van der Waals surface area contributed by atoms with Crippen LogP contribution in [0.4, 0.5) is 21.9 Å². The topological polar surface area (TPSA) is 104 Å². The Kier molecular flexibility index (Phi) is 9.04. The van der Waals surface area contributed by atoms with E-state index in [1.54, 1.807) is 24.3 Å². The second-order valence-corrected chi connectivity index (χ2v) is 12.3. The van der Waals surface area contributed by atoms with Gasteiger partial charge in [-0.05, 0) is 73.9 Å². The van der Waals surface area contributed by atoms with E-state index < -0.39 is 10.0 Å². The fourth-order valence-electron chi connectivity index (χ4n) is 4.99. The fourth-order valence-corrected chi connectivity index (χ4v) is 5.55. The number of pyridine rings is 1. The third kappa shape index (κ3) is 8.08. The Bertz CT molecular complexity index is 1570. The van der Waals surface area contributed by atoms with E-state index >= 15 is 0 Å². The molecule has 1 aromatic heterocycles. The van der Waals surface area contributed by atoms with Crippen LogP contribution < -0.4 is 19.7 Å². The third-order valence-corrected chi connectivity index (χ3v) is 7.67. The van der Waals surface area contributed by atoms with Crippen molar-refractivity contribution in [3.63, 3.8) is 0 Å². The maximum atomic E-state index is 13.5. The summed E-state index contributed by atoms with van der Waals surface area (Å²) in [6.45, 7) is 4.50. The third-order valence-electron chi connectivity index (χ3n) is 7.06. The van der Waals surface area contributed by atoms with Crippen molar-refractivity contribution >= 4 is 33.1 Å². The quantitative estimate of drug-likeness (QED) is 0.240. The minimum atomic E-state index is -3.33. The number of amides is 2. The number of carbonyl (C=O) groups excluding carboxylic acids is 1. The van der Waals surface area contributed by atoms with Gasteiger partial charge in [0.2, 0.25) is 15.9 Å². The molecule has 3 aromatic carbocycles. The fraction of sp³-hybridized carbons (Fsp3) is 0.250. The van der Waals surface area contributed by atoms with Gasteiger partial charge in [0.1, 0.15) is 5.75 Å². The molecule has 5 rings (SSSR count). The summed E-state index contributed by atoms with van der Waals surface area (Å²) in [5, 5.41) is 3.08. The molecule has 1 saturated heterocycles. The molecule has 0 aliphatic carbocycles. The molecule has 1 aliphatic rings. The van der Waals surface area contributed by atoms with E-state index in [4.69, 9.17) is 4.74 Å². The van der Waals surface area contributed by atoms with Gasteiger partial charge in [-0.1, -0.05) is 42.0 Å². The molecule has 4 aromatic rings. The van der Waals surface area contributed by atoms with Crippen LogP contribution in [0.1, 0.15) is 24.0 Å². The lowest BCUT2D eigenvalue weighted by atomic mass is 10.0. The first-order valence-corrected chi connectivity index (χ1v) is 15.8. The van der Waals surface area contributed by atoms with Crippen molar-refractivity contribution in [1.29, 1.82) is 0 Å². The summed E-state index contributed by atoms with van der Waals surface area (Å²) >= 11 is 0. The van der Waals surface area contributed by atoms with Crippen molar-refractivity contribution in [3.8, 4) is 11.6 Å². The van der Waals surface area contributed by atoms with Gasteiger partial charge >= 0.3 is 6.03 Å². The van der Waals surface area contributed by atoms with E-state index in [2.05, 4.69) is 19.9 Å². The molecule has 0 spiro atoms. The van der Waals surface area contributed by atoms with E-state index in [-0.39, 0.29) is 12.1 Å². The first-order chi connectivity index (χ1) is 20.2. The van der Waals surface area contributed by atoms with Crippen molar-refractivity contribution in [2.75, 3.05) is 34.3 Å². The van der Waals surface area contributed by atoms with Crippen LogP contribution in [-0.4, -0.2) is 49.7 Å². The molecule has 2 N–H and O–H groups in total. The number of benzene rings is 3. The van der Waals surface area contributed by atoms with Gasteiger partial charge in [0.15, 0.2) is 0 Å². The van der Waals surface area contributed by atoms with Crippen molar-refractivity contribution < 1.29 is 17.9 Å². The zero-order valence-electron chi connectivity index (χ0n) is 23.7. The number of aromatic nitrogens is 1. The number of nitrogens with one attached hydrogen (secondary N) is 2. The number of piperidine rings is 1. The van der Waals surface area contributed by atoms with Crippen LogP contribution in [0.5, 0.6) is 11.6 Å². The van der Waals surface area contributed by atoms with Crippen LogP contribution in [0, 0.1) is 6.92 Å². The van der Waals surface area contributed by atoms with Crippen LogP contribution in [0.2, 0.25) is 0 Å². The molecular weight excluding hydrogens is 550 g/mol. The van der Waals surface area contributed by atoms with Gasteiger partial charge in [-0.15, -0.1) is 0 Å². The summed E-state index contributed by atoms with van der Waals surface area (Å²) in [7, 11) is -3.33. The summed E-state index contributed by atoms with van der Waals surface area (Å²) < 4.78 is 31.0. The molecule has 1 fully saturated rings. The summed E-state index contributed by atoms with van der Waals surface area (Å²) in [5.41, 5.74) is 4.36. The first kappa shape index (κ1) is 29.1. The predicted octanol–water partition coefficient (Wildman–Crippen LogP) is 6.26. The van der Waals surface area contributed by atoms with Crippen molar-refractivity contribution in [1.82, 2.24) is 9.88 Å². The molecule has 0 atom stereocenters. The van der Waals surface area contributed by atoms with Crippen LogP contribution in [-0.2, 0) is 16.6 Å². The van der Waals surface area contributed by atoms with Gasteiger partial charge in [-0.3, -0.25) is 14.5 Å². The Hall–Kier alpha value is -4.41. The van der Waals surface area contributed by atoms with E-state index in [1.807, 2.05) is 84.8 Å². The lowest BCUT2D eigenvalue weighted by Gasteiger charge is -2.38. The summed E-state index contributed by atoms with van der Waals surface area (Å²) in [6, 6.07) is 28.1. The predicted molar refractivity (Wildman–Crippen MR) is 167 cm³/mol. The average molecular weight is 586 g/mol. The molecule has 218 valence electrons. The highest BCUT2D eigenvalue weighted by atomic mass is 32.2. The van der Waals surface area contributed by atoms with Crippen molar-refractivity contribution in [2.24, 2.45) is 0 Å². The van der Waals surface area contributed by atoms with E-state index in [0.717, 1.165) is 61.2 Å². The number of sulfonamides is 1. The van der Waals surface area contributed by atoms with Crippen LogP contribution in [0.15, 0.2) is 97.2 Å². The molecule has 42 heavy (non-hydrogen) atoms. The van der Waals surface area contributed by atoms with Crippen molar-refractivity contribution in [3.05, 3.63) is 108 Å². The van der Waals surface area contributed by atoms with Crippen LogP contribution in [0.25, 0.3) is 0 Å². The number of anilines is 3. The lowest BCUT2D eigenvalue weighted by Crippen LogP contribution is -2.49. The Morgan fingerprint density at radius 1 is 0.929 bits per heavy atom. The lowest BCUT2D eigenvalue weighted by molar-refractivity contribution is 0.199. The molecular formula is C32H35N5O4S. The summed E-state index contributed by atoms with van der Waals surface area (Å²) in [4.78, 5) is 22.2. The van der Waals surface area contributed by atoms with Gasteiger partial charge in [-0.25, -0.2) is 18.2 Å².